The van der Waals surface area contributed by atoms with Crippen LogP contribution < -0.4 is 5.73 Å². The van der Waals surface area contributed by atoms with E-state index < -0.39 is 11.5 Å². The van der Waals surface area contributed by atoms with E-state index in [2.05, 4.69) is 0 Å². The number of rotatable bonds is 3. The van der Waals surface area contributed by atoms with Gasteiger partial charge in [0.15, 0.2) is 0 Å². The van der Waals surface area contributed by atoms with Crippen molar-refractivity contribution in [2.75, 3.05) is 26.2 Å². The highest BCUT2D eigenvalue weighted by Gasteiger charge is 2.40. The Bertz CT molecular complexity index is 185. The van der Waals surface area contributed by atoms with Gasteiger partial charge in [0.05, 0.1) is 6.61 Å². The van der Waals surface area contributed by atoms with E-state index in [1.807, 2.05) is 4.90 Å². The third-order valence-electron chi connectivity index (χ3n) is 2.22. The highest BCUT2D eigenvalue weighted by molar-refractivity contribution is 5.79. The van der Waals surface area contributed by atoms with Crippen molar-refractivity contribution < 1.29 is 15.0 Å². The summed E-state index contributed by atoms with van der Waals surface area (Å²) in [4.78, 5) is 12.5. The molecule has 0 aromatic carbocycles. The van der Waals surface area contributed by atoms with Crippen LogP contribution in [0.2, 0.25) is 0 Å². The van der Waals surface area contributed by atoms with Crippen molar-refractivity contribution >= 4 is 5.97 Å². The summed E-state index contributed by atoms with van der Waals surface area (Å²) in [5, 5.41) is 17.3. The average Bonchev–Trinajstić information content (AvgIpc) is 2.34. The number of β-amino-alcohol motifs (C(OH)–C–C–N with tert-alkyl or cyclic N) is 1. The lowest BCUT2D eigenvalue weighted by molar-refractivity contribution is -0.142. The van der Waals surface area contributed by atoms with Crippen LogP contribution in [0.25, 0.3) is 0 Å². The molecule has 1 rings (SSSR count). The van der Waals surface area contributed by atoms with E-state index in [1.54, 1.807) is 0 Å². The van der Waals surface area contributed by atoms with E-state index in [0.717, 1.165) is 0 Å². The van der Waals surface area contributed by atoms with Crippen molar-refractivity contribution in [1.82, 2.24) is 4.90 Å². The average molecular weight is 174 g/mol. The van der Waals surface area contributed by atoms with Gasteiger partial charge in [0, 0.05) is 19.6 Å². The van der Waals surface area contributed by atoms with Gasteiger partial charge in [-0.2, -0.15) is 0 Å². The number of aliphatic carboxylic acids is 1. The molecule has 0 aromatic rings. The third-order valence-corrected chi connectivity index (χ3v) is 2.22. The van der Waals surface area contributed by atoms with Crippen LogP contribution in [0.15, 0.2) is 0 Å². The zero-order valence-corrected chi connectivity index (χ0v) is 6.86. The van der Waals surface area contributed by atoms with Gasteiger partial charge in [-0.15, -0.1) is 0 Å². The van der Waals surface area contributed by atoms with Gasteiger partial charge < -0.3 is 15.9 Å². The fraction of sp³-hybridized carbons (Fsp3) is 0.857. The molecule has 0 aliphatic carbocycles. The molecule has 0 aromatic heterocycles. The molecule has 0 bridgehead atoms. The molecule has 1 fully saturated rings. The molecule has 5 heteroatoms. The summed E-state index contributed by atoms with van der Waals surface area (Å²) in [7, 11) is 0. The Morgan fingerprint density at radius 2 is 2.33 bits per heavy atom. The summed E-state index contributed by atoms with van der Waals surface area (Å²) >= 11 is 0. The van der Waals surface area contributed by atoms with Crippen molar-refractivity contribution in [2.24, 2.45) is 5.73 Å². The van der Waals surface area contributed by atoms with Gasteiger partial charge in [0.25, 0.3) is 0 Å². The molecular formula is C7H14N2O3. The maximum atomic E-state index is 10.7. The van der Waals surface area contributed by atoms with Crippen LogP contribution >= 0.6 is 0 Å². The molecule has 70 valence electrons. The van der Waals surface area contributed by atoms with Gasteiger partial charge in [-0.05, 0) is 6.42 Å². The van der Waals surface area contributed by atoms with Crippen LogP contribution in [0.4, 0.5) is 0 Å². The molecule has 0 radical (unpaired) electrons. The number of hydrogen-bond acceptors (Lipinski definition) is 4. The van der Waals surface area contributed by atoms with Crippen LogP contribution in [0.1, 0.15) is 6.42 Å². The van der Waals surface area contributed by atoms with E-state index in [4.69, 9.17) is 15.9 Å². The van der Waals surface area contributed by atoms with E-state index in [9.17, 15) is 4.79 Å². The van der Waals surface area contributed by atoms with Crippen LogP contribution in [0.3, 0.4) is 0 Å². The van der Waals surface area contributed by atoms with Crippen molar-refractivity contribution in [3.8, 4) is 0 Å². The minimum atomic E-state index is -1.10. The van der Waals surface area contributed by atoms with E-state index in [-0.39, 0.29) is 6.61 Å². The van der Waals surface area contributed by atoms with Gasteiger partial charge in [-0.25, -0.2) is 0 Å². The molecule has 12 heavy (non-hydrogen) atoms. The minimum absolute atomic E-state index is 0.0513. The largest absolute Gasteiger partial charge is 0.480 e. The Labute approximate surface area is 70.8 Å². The third kappa shape index (κ3) is 1.74. The van der Waals surface area contributed by atoms with Gasteiger partial charge in [-0.1, -0.05) is 0 Å². The number of likely N-dealkylation sites (tertiary alicyclic amines) is 1. The smallest absolute Gasteiger partial charge is 0.325 e. The summed E-state index contributed by atoms with van der Waals surface area (Å²) in [5.41, 5.74) is 4.50. The number of aliphatic hydroxyl groups excluding tert-OH is 1. The first-order valence-corrected chi connectivity index (χ1v) is 3.94. The Morgan fingerprint density at radius 3 is 2.75 bits per heavy atom. The van der Waals surface area contributed by atoms with E-state index >= 15 is 0 Å². The lowest BCUT2D eigenvalue weighted by Crippen LogP contribution is -2.50. The standard InChI is InChI=1S/C7H14N2O3/c8-7(6(11)12)1-2-9(5-7)3-4-10/h10H,1-5,8H2,(H,11,12). The Hall–Kier alpha value is -0.650. The molecule has 5 nitrogen and oxygen atoms in total. The van der Waals surface area contributed by atoms with E-state index in [1.165, 1.54) is 0 Å². The molecule has 4 N–H and O–H groups in total. The Morgan fingerprint density at radius 1 is 1.67 bits per heavy atom. The molecular weight excluding hydrogens is 160 g/mol. The van der Waals surface area contributed by atoms with Crippen molar-refractivity contribution in [3.05, 3.63) is 0 Å². The van der Waals surface area contributed by atoms with Gasteiger partial charge in [0.2, 0.25) is 0 Å². The van der Waals surface area contributed by atoms with Gasteiger partial charge in [-0.3, -0.25) is 9.69 Å². The van der Waals surface area contributed by atoms with Crippen molar-refractivity contribution in [2.45, 2.75) is 12.0 Å². The minimum Gasteiger partial charge on any atom is -0.480 e. The highest BCUT2D eigenvalue weighted by Crippen LogP contribution is 2.18. The normalized spacial score (nSPS) is 30.8. The number of carbonyl (C=O) groups is 1. The Kier molecular flexibility index (Phi) is 2.66. The summed E-state index contributed by atoms with van der Waals surface area (Å²) < 4.78 is 0. The van der Waals surface area contributed by atoms with Crippen LogP contribution in [-0.2, 0) is 4.79 Å². The number of hydrogen-bond donors (Lipinski definition) is 3. The fourth-order valence-electron chi connectivity index (χ4n) is 1.42. The zero-order chi connectivity index (χ0) is 9.19. The Balaban J connectivity index is 2.49. The molecule has 1 saturated heterocycles. The van der Waals surface area contributed by atoms with Crippen LogP contribution in [-0.4, -0.2) is 52.9 Å². The number of carboxylic acids is 1. The van der Waals surface area contributed by atoms with Crippen LogP contribution in [0.5, 0.6) is 0 Å². The monoisotopic (exact) mass is 174 g/mol. The maximum absolute atomic E-state index is 10.7. The second-order valence-electron chi connectivity index (χ2n) is 3.21. The predicted octanol–water partition coefficient (Wildman–Crippen LogP) is -1.53. The first-order valence-electron chi connectivity index (χ1n) is 3.94. The summed E-state index contributed by atoms with van der Waals surface area (Å²) in [6, 6.07) is 0. The number of carboxylic acid groups (broad SMARTS) is 1. The van der Waals surface area contributed by atoms with Gasteiger partial charge >= 0.3 is 5.97 Å². The molecule has 1 atom stereocenters. The predicted molar refractivity (Wildman–Crippen MR) is 42.7 cm³/mol. The SMILES string of the molecule is NC1(C(=O)O)CCN(CCO)C1. The number of nitrogens with two attached hydrogens (primary N) is 1. The zero-order valence-electron chi connectivity index (χ0n) is 6.86. The first kappa shape index (κ1) is 9.44. The van der Waals surface area contributed by atoms with Crippen molar-refractivity contribution in [3.63, 3.8) is 0 Å². The molecule has 1 aliphatic heterocycles. The molecule has 0 saturated carbocycles. The lowest BCUT2D eigenvalue weighted by Gasteiger charge is -2.18. The summed E-state index contributed by atoms with van der Waals surface area (Å²) in [6.45, 7) is 1.55. The molecule has 0 spiro atoms. The summed E-state index contributed by atoms with van der Waals surface area (Å²) in [6.07, 6.45) is 0.461. The lowest BCUT2D eigenvalue weighted by atomic mass is 10.0. The van der Waals surface area contributed by atoms with Crippen molar-refractivity contribution in [1.29, 1.82) is 0 Å². The number of nitrogens with zero attached hydrogens (tertiary/aromatic N) is 1. The molecule has 1 heterocycles. The topological polar surface area (TPSA) is 86.8 Å². The highest BCUT2D eigenvalue weighted by atomic mass is 16.4. The second kappa shape index (κ2) is 3.38. The molecule has 1 unspecified atom stereocenters. The van der Waals surface area contributed by atoms with Crippen LogP contribution in [0, 0.1) is 0 Å². The summed E-state index contributed by atoms with van der Waals surface area (Å²) in [5.74, 6) is -0.956. The second-order valence-corrected chi connectivity index (χ2v) is 3.21. The quantitative estimate of drug-likeness (QED) is 0.483. The fourth-order valence-corrected chi connectivity index (χ4v) is 1.42. The van der Waals surface area contributed by atoms with Gasteiger partial charge in [0.1, 0.15) is 5.54 Å². The molecule has 1 aliphatic rings. The first-order chi connectivity index (χ1) is 5.58. The number of aliphatic hydroxyl groups is 1. The maximum Gasteiger partial charge on any atom is 0.325 e. The van der Waals surface area contributed by atoms with E-state index in [0.29, 0.717) is 26.1 Å². The molecule has 0 amide bonds.